The van der Waals surface area contributed by atoms with Crippen molar-refractivity contribution in [1.29, 1.82) is 0 Å². The van der Waals surface area contributed by atoms with Crippen LogP contribution in [0.4, 0.5) is 0 Å². The first-order valence-corrected chi connectivity index (χ1v) is 9.17. The van der Waals surface area contributed by atoms with Gasteiger partial charge in [0.05, 0.1) is 0 Å². The number of rotatable bonds is 9. The molecule has 26 heavy (non-hydrogen) atoms. The zero-order valence-electron chi connectivity index (χ0n) is 16.1. The quantitative estimate of drug-likeness (QED) is 0.255. The molecule has 0 spiro atoms. The molecule has 0 amide bonds. The third-order valence-corrected chi connectivity index (χ3v) is 4.11. The summed E-state index contributed by atoms with van der Waals surface area (Å²) < 4.78 is 2.20. The van der Waals surface area contributed by atoms with E-state index in [1.54, 1.807) is 0 Å². The van der Waals surface area contributed by atoms with E-state index in [0.29, 0.717) is 0 Å². The largest absolute Gasteiger partial charge is 0.356 e. The van der Waals surface area contributed by atoms with Crippen LogP contribution in [-0.2, 0) is 13.0 Å². The third kappa shape index (κ3) is 8.21. The third-order valence-electron chi connectivity index (χ3n) is 4.11. The van der Waals surface area contributed by atoms with Crippen LogP contribution in [0.5, 0.6) is 0 Å². The highest BCUT2D eigenvalue weighted by atomic mass is 127. The monoisotopic (exact) mass is 469 g/mol. The van der Waals surface area contributed by atoms with Crippen LogP contribution in [-0.4, -0.2) is 35.6 Å². The van der Waals surface area contributed by atoms with Crippen molar-refractivity contribution in [2.24, 2.45) is 10.9 Å². The fourth-order valence-corrected chi connectivity index (χ4v) is 2.72. The molecule has 0 aliphatic rings. The molecule has 0 fully saturated rings. The predicted molar refractivity (Wildman–Crippen MR) is 120 cm³/mol. The van der Waals surface area contributed by atoms with Crippen molar-refractivity contribution < 1.29 is 0 Å². The smallest absolute Gasteiger partial charge is 0.190 e. The fourth-order valence-electron chi connectivity index (χ4n) is 2.72. The molecule has 2 N–H and O–H groups in total. The molecule has 0 aliphatic heterocycles. The summed E-state index contributed by atoms with van der Waals surface area (Å²) in [4.78, 5) is 8.77. The summed E-state index contributed by atoms with van der Waals surface area (Å²) in [6.45, 7) is 7.14. The molecule has 1 heterocycles. The molecule has 0 saturated heterocycles. The van der Waals surface area contributed by atoms with Crippen LogP contribution >= 0.6 is 24.0 Å². The molecule has 5 nitrogen and oxygen atoms in total. The summed E-state index contributed by atoms with van der Waals surface area (Å²) in [5, 5.41) is 6.74. The van der Waals surface area contributed by atoms with Gasteiger partial charge in [0, 0.05) is 45.5 Å². The standard InChI is InChI=1S/C20H31N5.HI/c1-17(2)8-7-12-23-20(21-3)24-13-11-19-22-14-15-25(19)16-18-9-5-4-6-10-18;/h4-6,9-10,14-15,17H,7-8,11-13,16H2,1-3H3,(H2,21,23,24);1H. The number of hydrogen-bond donors (Lipinski definition) is 2. The van der Waals surface area contributed by atoms with Gasteiger partial charge in [0.25, 0.3) is 0 Å². The first kappa shape index (κ1) is 22.5. The number of imidazole rings is 1. The average Bonchev–Trinajstić information content (AvgIpc) is 3.04. The summed E-state index contributed by atoms with van der Waals surface area (Å²) in [5.74, 6) is 2.71. The minimum absolute atomic E-state index is 0. The number of guanidine groups is 1. The topological polar surface area (TPSA) is 54.2 Å². The number of benzene rings is 1. The summed E-state index contributed by atoms with van der Waals surface area (Å²) in [6.07, 6.45) is 7.19. The van der Waals surface area contributed by atoms with Gasteiger partial charge in [-0.25, -0.2) is 4.98 Å². The molecule has 0 bridgehead atoms. The zero-order valence-corrected chi connectivity index (χ0v) is 18.4. The molecule has 144 valence electrons. The van der Waals surface area contributed by atoms with Crippen molar-refractivity contribution in [2.45, 2.75) is 39.7 Å². The Balaban J connectivity index is 0.00000338. The van der Waals surface area contributed by atoms with Gasteiger partial charge in [0.15, 0.2) is 5.96 Å². The summed E-state index contributed by atoms with van der Waals surface area (Å²) in [7, 11) is 1.81. The average molecular weight is 469 g/mol. The molecule has 1 aromatic heterocycles. The van der Waals surface area contributed by atoms with Gasteiger partial charge in [-0.3, -0.25) is 4.99 Å². The van der Waals surface area contributed by atoms with Crippen LogP contribution in [0.2, 0.25) is 0 Å². The van der Waals surface area contributed by atoms with Gasteiger partial charge >= 0.3 is 0 Å². The second-order valence-electron chi connectivity index (χ2n) is 6.67. The minimum Gasteiger partial charge on any atom is -0.356 e. The molecular formula is C20H32IN5. The van der Waals surface area contributed by atoms with Crippen LogP contribution < -0.4 is 10.6 Å². The van der Waals surface area contributed by atoms with Gasteiger partial charge in [0.2, 0.25) is 0 Å². The second-order valence-corrected chi connectivity index (χ2v) is 6.67. The van der Waals surface area contributed by atoms with E-state index >= 15 is 0 Å². The molecule has 0 unspecified atom stereocenters. The molecule has 0 radical (unpaired) electrons. The van der Waals surface area contributed by atoms with Crippen molar-refractivity contribution in [2.75, 3.05) is 20.1 Å². The number of nitrogens with zero attached hydrogens (tertiary/aromatic N) is 3. The lowest BCUT2D eigenvalue weighted by Crippen LogP contribution is -2.39. The van der Waals surface area contributed by atoms with E-state index in [2.05, 4.69) is 63.3 Å². The molecule has 0 saturated carbocycles. The van der Waals surface area contributed by atoms with Gasteiger partial charge in [-0.1, -0.05) is 44.2 Å². The van der Waals surface area contributed by atoms with Crippen molar-refractivity contribution in [3.8, 4) is 0 Å². The number of aromatic nitrogens is 2. The Labute approximate surface area is 174 Å². The lowest BCUT2D eigenvalue weighted by atomic mass is 10.1. The van der Waals surface area contributed by atoms with Crippen LogP contribution in [0.25, 0.3) is 0 Å². The Morgan fingerprint density at radius 1 is 1.15 bits per heavy atom. The zero-order chi connectivity index (χ0) is 17.9. The van der Waals surface area contributed by atoms with E-state index in [-0.39, 0.29) is 24.0 Å². The Hall–Kier alpha value is -1.57. The molecule has 2 aromatic rings. The van der Waals surface area contributed by atoms with E-state index in [4.69, 9.17) is 0 Å². The fraction of sp³-hybridized carbons (Fsp3) is 0.500. The molecular weight excluding hydrogens is 437 g/mol. The van der Waals surface area contributed by atoms with Gasteiger partial charge < -0.3 is 15.2 Å². The Bertz CT molecular complexity index is 637. The van der Waals surface area contributed by atoms with Crippen LogP contribution in [0.15, 0.2) is 47.7 Å². The summed E-state index contributed by atoms with van der Waals surface area (Å²) in [5.41, 5.74) is 1.29. The van der Waals surface area contributed by atoms with E-state index in [1.165, 1.54) is 18.4 Å². The summed E-state index contributed by atoms with van der Waals surface area (Å²) in [6, 6.07) is 10.5. The maximum Gasteiger partial charge on any atom is 0.190 e. The van der Waals surface area contributed by atoms with Gasteiger partial charge in [-0.05, 0) is 24.3 Å². The van der Waals surface area contributed by atoms with Crippen LogP contribution in [0.1, 0.15) is 38.1 Å². The number of hydrogen-bond acceptors (Lipinski definition) is 2. The van der Waals surface area contributed by atoms with Crippen molar-refractivity contribution >= 4 is 29.9 Å². The molecule has 2 rings (SSSR count). The molecule has 6 heteroatoms. The molecule has 0 atom stereocenters. The Morgan fingerprint density at radius 2 is 1.88 bits per heavy atom. The van der Waals surface area contributed by atoms with Gasteiger partial charge in [-0.2, -0.15) is 0 Å². The van der Waals surface area contributed by atoms with Crippen molar-refractivity contribution in [1.82, 2.24) is 20.2 Å². The van der Waals surface area contributed by atoms with Crippen molar-refractivity contribution in [3.05, 3.63) is 54.1 Å². The molecule has 0 aliphatic carbocycles. The van der Waals surface area contributed by atoms with E-state index in [1.807, 2.05) is 25.5 Å². The van der Waals surface area contributed by atoms with E-state index < -0.39 is 0 Å². The SMILES string of the molecule is CN=C(NCCCC(C)C)NCCc1nccn1Cc1ccccc1.I. The maximum atomic E-state index is 4.49. The number of aliphatic imine (C=N–C) groups is 1. The normalized spacial score (nSPS) is 11.3. The highest BCUT2D eigenvalue weighted by molar-refractivity contribution is 14.0. The molecule has 1 aromatic carbocycles. The minimum atomic E-state index is 0. The first-order valence-electron chi connectivity index (χ1n) is 9.17. The second kappa shape index (κ2) is 12.7. The van der Waals surface area contributed by atoms with Gasteiger partial charge in [-0.15, -0.1) is 24.0 Å². The maximum absolute atomic E-state index is 4.49. The Morgan fingerprint density at radius 3 is 2.58 bits per heavy atom. The lowest BCUT2D eigenvalue weighted by Gasteiger charge is -2.13. The lowest BCUT2D eigenvalue weighted by molar-refractivity contribution is 0.549. The van der Waals surface area contributed by atoms with Crippen molar-refractivity contribution in [3.63, 3.8) is 0 Å². The van der Waals surface area contributed by atoms with E-state index in [9.17, 15) is 0 Å². The van der Waals surface area contributed by atoms with Crippen LogP contribution in [0, 0.1) is 5.92 Å². The number of nitrogens with one attached hydrogen (secondary N) is 2. The van der Waals surface area contributed by atoms with Gasteiger partial charge in [0.1, 0.15) is 5.82 Å². The highest BCUT2D eigenvalue weighted by Gasteiger charge is 2.04. The van der Waals surface area contributed by atoms with Crippen LogP contribution in [0.3, 0.4) is 0 Å². The number of halogens is 1. The summed E-state index contributed by atoms with van der Waals surface area (Å²) >= 11 is 0. The highest BCUT2D eigenvalue weighted by Crippen LogP contribution is 2.06. The Kier molecular flexibility index (Phi) is 11.0. The predicted octanol–water partition coefficient (Wildman–Crippen LogP) is 3.69. The van der Waals surface area contributed by atoms with E-state index in [0.717, 1.165) is 43.8 Å². The first-order chi connectivity index (χ1) is 12.2.